The predicted octanol–water partition coefficient (Wildman–Crippen LogP) is 2.74. The maximum atomic E-state index is 11.0. The van der Waals surface area contributed by atoms with Gasteiger partial charge in [0.05, 0.1) is 14.1 Å². The van der Waals surface area contributed by atoms with Crippen LogP contribution in [0, 0.1) is 0 Å². The van der Waals surface area contributed by atoms with Gasteiger partial charge in [-0.3, -0.25) is 4.79 Å². The average Bonchev–Trinajstić information content (AvgIpc) is 2.84. The fourth-order valence-electron chi connectivity index (χ4n) is 2.30. The molecule has 0 unspecified atom stereocenters. The summed E-state index contributed by atoms with van der Waals surface area (Å²) in [5.74, 6) is 1.96. The van der Waals surface area contributed by atoms with Crippen LogP contribution >= 0.6 is 11.8 Å². The molecule has 1 heterocycles. The minimum absolute atomic E-state index is 0.174. The second-order valence-corrected chi connectivity index (χ2v) is 6.84. The lowest BCUT2D eigenvalue weighted by atomic mass is 10.2. The Kier molecular flexibility index (Phi) is 6.04. The van der Waals surface area contributed by atoms with Crippen molar-refractivity contribution in [3.05, 3.63) is 48.0 Å². The molecule has 1 aromatic carbocycles. The number of carbonyl (C=O) groups is 1. The second-order valence-electron chi connectivity index (χ2n) is 5.56. The summed E-state index contributed by atoms with van der Waals surface area (Å²) in [6.07, 6.45) is 8.31. The first-order chi connectivity index (χ1) is 11.0. The quantitative estimate of drug-likeness (QED) is 0.763. The Hall–Kier alpha value is -2.01. The summed E-state index contributed by atoms with van der Waals surface area (Å²) in [6.45, 7) is 2.47. The largest absolute Gasteiger partial charge is 0.374 e. The molecule has 0 saturated carbocycles. The van der Waals surface area contributed by atoms with Gasteiger partial charge in [0.25, 0.3) is 5.82 Å². The highest BCUT2D eigenvalue weighted by Gasteiger charge is 2.06. The smallest absolute Gasteiger partial charge is 0.280 e. The third kappa shape index (κ3) is 4.99. The van der Waals surface area contributed by atoms with E-state index >= 15 is 0 Å². The molecule has 0 fully saturated rings. The summed E-state index contributed by atoms with van der Waals surface area (Å²) in [7, 11) is 6.13. The zero-order valence-corrected chi connectivity index (χ0v) is 15.0. The predicted molar refractivity (Wildman–Crippen MR) is 98.4 cm³/mol. The first-order valence-electron chi connectivity index (χ1n) is 7.61. The van der Waals surface area contributed by atoms with Gasteiger partial charge in [-0.1, -0.05) is 23.9 Å². The van der Waals surface area contributed by atoms with E-state index in [0.717, 1.165) is 23.8 Å². The van der Waals surface area contributed by atoms with Crippen LogP contribution in [0.25, 0.3) is 12.2 Å². The molecule has 0 aliphatic rings. The van der Waals surface area contributed by atoms with Gasteiger partial charge in [-0.2, -0.15) is 0 Å². The SMILES string of the molecule is CC(=O)SCCN(C)c1ccc(/C=C/c2n(C)cc[n+]2C)cc1. The van der Waals surface area contributed by atoms with Crippen molar-refractivity contribution >= 4 is 34.7 Å². The fourth-order valence-corrected chi connectivity index (χ4v) is 2.96. The Bertz CT molecular complexity index is 669. The Labute approximate surface area is 142 Å². The highest BCUT2D eigenvalue weighted by atomic mass is 32.2. The topological polar surface area (TPSA) is 29.1 Å². The van der Waals surface area contributed by atoms with Crippen LogP contribution in [0.2, 0.25) is 0 Å². The summed E-state index contributed by atoms with van der Waals surface area (Å²) >= 11 is 1.37. The lowest BCUT2D eigenvalue weighted by Gasteiger charge is -2.18. The van der Waals surface area contributed by atoms with E-state index in [9.17, 15) is 4.79 Å². The number of benzene rings is 1. The number of anilines is 1. The van der Waals surface area contributed by atoms with Gasteiger partial charge in [-0.15, -0.1) is 0 Å². The van der Waals surface area contributed by atoms with Crippen LogP contribution < -0.4 is 9.47 Å². The van der Waals surface area contributed by atoms with Gasteiger partial charge in [0, 0.05) is 38.0 Å². The molecule has 2 rings (SSSR count). The lowest BCUT2D eigenvalue weighted by Crippen LogP contribution is -2.29. The maximum Gasteiger partial charge on any atom is 0.280 e. The Morgan fingerprint density at radius 2 is 2.00 bits per heavy atom. The summed E-state index contributed by atoms with van der Waals surface area (Å²) in [6, 6.07) is 8.46. The number of aryl methyl sites for hydroxylation is 2. The highest BCUT2D eigenvalue weighted by molar-refractivity contribution is 8.13. The van der Waals surface area contributed by atoms with Crippen molar-refractivity contribution in [2.75, 3.05) is 24.2 Å². The summed E-state index contributed by atoms with van der Waals surface area (Å²) in [5.41, 5.74) is 2.33. The molecule has 23 heavy (non-hydrogen) atoms. The molecule has 0 spiro atoms. The molecular weight excluding hydrogens is 306 g/mol. The van der Waals surface area contributed by atoms with E-state index in [1.165, 1.54) is 17.3 Å². The summed E-state index contributed by atoms with van der Waals surface area (Å²) in [4.78, 5) is 13.1. The number of nitrogens with zero attached hydrogens (tertiary/aromatic N) is 3. The second kappa shape index (κ2) is 8.02. The molecule has 1 aromatic heterocycles. The minimum Gasteiger partial charge on any atom is -0.374 e. The minimum atomic E-state index is 0.174. The number of imidazole rings is 1. The molecule has 0 radical (unpaired) electrons. The molecule has 5 heteroatoms. The van der Waals surface area contributed by atoms with Crippen LogP contribution in [0.3, 0.4) is 0 Å². The molecule has 0 N–H and O–H groups in total. The van der Waals surface area contributed by atoms with Crippen molar-refractivity contribution in [2.24, 2.45) is 14.1 Å². The molecular formula is C18H24N3OS+. The number of thioether (sulfide) groups is 1. The fraction of sp³-hybridized carbons (Fsp3) is 0.333. The van der Waals surface area contributed by atoms with Crippen LogP contribution in [-0.4, -0.2) is 29.0 Å². The summed E-state index contributed by atoms with van der Waals surface area (Å²) in [5, 5.41) is 0.174. The number of hydrogen-bond acceptors (Lipinski definition) is 3. The van der Waals surface area contributed by atoms with Crippen molar-refractivity contribution in [2.45, 2.75) is 6.92 Å². The lowest BCUT2D eigenvalue weighted by molar-refractivity contribution is -0.672. The third-order valence-electron chi connectivity index (χ3n) is 3.73. The van der Waals surface area contributed by atoms with Gasteiger partial charge in [0.2, 0.25) is 0 Å². The van der Waals surface area contributed by atoms with Gasteiger partial charge < -0.3 is 4.90 Å². The van der Waals surface area contributed by atoms with Crippen molar-refractivity contribution in [3.63, 3.8) is 0 Å². The van der Waals surface area contributed by atoms with E-state index in [0.29, 0.717) is 0 Å². The van der Waals surface area contributed by atoms with Gasteiger partial charge in [-0.05, 0) is 23.8 Å². The van der Waals surface area contributed by atoms with E-state index in [1.807, 2.05) is 26.5 Å². The van der Waals surface area contributed by atoms with Crippen molar-refractivity contribution in [1.82, 2.24) is 4.57 Å². The number of aromatic nitrogens is 2. The zero-order chi connectivity index (χ0) is 16.8. The molecule has 0 atom stereocenters. The van der Waals surface area contributed by atoms with Crippen LogP contribution in [0.1, 0.15) is 18.3 Å². The van der Waals surface area contributed by atoms with E-state index < -0.39 is 0 Å². The van der Waals surface area contributed by atoms with E-state index in [-0.39, 0.29) is 5.12 Å². The molecule has 4 nitrogen and oxygen atoms in total. The van der Waals surface area contributed by atoms with E-state index in [2.05, 4.69) is 57.5 Å². The maximum absolute atomic E-state index is 11.0. The van der Waals surface area contributed by atoms with E-state index in [1.54, 1.807) is 6.92 Å². The van der Waals surface area contributed by atoms with Crippen LogP contribution in [0.15, 0.2) is 36.7 Å². The van der Waals surface area contributed by atoms with Gasteiger partial charge in [0.1, 0.15) is 12.4 Å². The van der Waals surface area contributed by atoms with Crippen LogP contribution in [0.5, 0.6) is 0 Å². The summed E-state index contributed by atoms with van der Waals surface area (Å²) < 4.78 is 4.18. The molecule has 0 saturated heterocycles. The zero-order valence-electron chi connectivity index (χ0n) is 14.2. The van der Waals surface area contributed by atoms with Crippen LogP contribution in [-0.2, 0) is 18.9 Å². The third-order valence-corrected chi connectivity index (χ3v) is 4.52. The Morgan fingerprint density at radius 1 is 1.30 bits per heavy atom. The molecule has 122 valence electrons. The monoisotopic (exact) mass is 330 g/mol. The highest BCUT2D eigenvalue weighted by Crippen LogP contribution is 2.16. The first-order valence-corrected chi connectivity index (χ1v) is 8.59. The van der Waals surface area contributed by atoms with Crippen molar-refractivity contribution < 1.29 is 9.36 Å². The Morgan fingerprint density at radius 3 is 2.57 bits per heavy atom. The number of carbonyl (C=O) groups excluding carboxylic acids is 1. The van der Waals surface area contributed by atoms with Crippen molar-refractivity contribution in [3.8, 4) is 0 Å². The van der Waals surface area contributed by atoms with Gasteiger partial charge in [0.15, 0.2) is 5.12 Å². The molecule has 0 aliphatic heterocycles. The molecule has 0 amide bonds. The standard InChI is InChI=1S/C18H24N3OS/c1-15(22)23-14-13-19(2)17-8-5-16(6-9-17)7-10-18-20(3)11-12-21(18)4/h5-12H,13-14H2,1-4H3/q+1. The van der Waals surface area contributed by atoms with Crippen molar-refractivity contribution in [1.29, 1.82) is 0 Å². The molecule has 0 bridgehead atoms. The number of rotatable bonds is 6. The van der Waals surface area contributed by atoms with Crippen LogP contribution in [0.4, 0.5) is 5.69 Å². The first kappa shape index (κ1) is 17.3. The average molecular weight is 330 g/mol. The van der Waals surface area contributed by atoms with E-state index in [4.69, 9.17) is 0 Å². The van der Waals surface area contributed by atoms with Gasteiger partial charge in [-0.25, -0.2) is 9.13 Å². The number of hydrogen-bond donors (Lipinski definition) is 0. The molecule has 2 aromatic rings. The Balaban J connectivity index is 1.98. The molecule has 0 aliphatic carbocycles. The van der Waals surface area contributed by atoms with Gasteiger partial charge >= 0.3 is 0 Å². The normalized spacial score (nSPS) is 11.1.